The highest BCUT2D eigenvalue weighted by atomic mass is 79.9. The van der Waals surface area contributed by atoms with Gasteiger partial charge in [-0.25, -0.2) is 9.78 Å². The third-order valence-corrected chi connectivity index (χ3v) is 3.83. The van der Waals surface area contributed by atoms with Crippen LogP contribution in [0.1, 0.15) is 31.1 Å². The Kier molecular flexibility index (Phi) is 4.75. The molecule has 22 heavy (non-hydrogen) atoms. The lowest BCUT2D eigenvalue weighted by molar-refractivity contribution is -0.00907. The molecular formula is C15H20BrN3O3. The van der Waals surface area contributed by atoms with Crippen LogP contribution in [0.3, 0.4) is 0 Å². The maximum absolute atomic E-state index is 12.3. The van der Waals surface area contributed by atoms with Crippen LogP contribution in [-0.2, 0) is 4.74 Å². The number of hydrogen-bond donors (Lipinski definition) is 0. The van der Waals surface area contributed by atoms with Gasteiger partial charge in [-0.3, -0.25) is 4.79 Å². The zero-order valence-corrected chi connectivity index (χ0v) is 14.8. The van der Waals surface area contributed by atoms with Crippen molar-refractivity contribution in [1.82, 2.24) is 14.8 Å². The Balaban J connectivity index is 1.88. The molecule has 1 aliphatic rings. The molecule has 2 heterocycles. The van der Waals surface area contributed by atoms with E-state index >= 15 is 0 Å². The maximum atomic E-state index is 12.3. The van der Waals surface area contributed by atoms with E-state index in [0.29, 0.717) is 23.3 Å². The number of carbonyl (C=O) groups is 2. The summed E-state index contributed by atoms with van der Waals surface area (Å²) in [5.74, 6) is -0.103. The highest BCUT2D eigenvalue weighted by molar-refractivity contribution is 9.10. The van der Waals surface area contributed by atoms with Crippen molar-refractivity contribution in [3.8, 4) is 0 Å². The number of hydrogen-bond acceptors (Lipinski definition) is 4. The molecule has 0 atom stereocenters. The van der Waals surface area contributed by atoms with Crippen LogP contribution < -0.4 is 0 Å². The molecule has 6 nitrogen and oxygen atoms in total. The fourth-order valence-electron chi connectivity index (χ4n) is 2.05. The molecule has 0 unspecified atom stereocenters. The van der Waals surface area contributed by atoms with E-state index in [-0.39, 0.29) is 18.0 Å². The Morgan fingerprint density at radius 3 is 2.50 bits per heavy atom. The van der Waals surface area contributed by atoms with Gasteiger partial charge in [-0.2, -0.15) is 0 Å². The van der Waals surface area contributed by atoms with Crippen molar-refractivity contribution in [3.05, 3.63) is 28.5 Å². The summed E-state index contributed by atoms with van der Waals surface area (Å²) in [6.07, 6.45) is 1.20. The molecular weight excluding hydrogens is 350 g/mol. The van der Waals surface area contributed by atoms with Crippen molar-refractivity contribution in [2.45, 2.75) is 32.4 Å². The van der Waals surface area contributed by atoms with E-state index in [1.165, 1.54) is 6.20 Å². The number of rotatable bonds is 2. The number of likely N-dealkylation sites (N-methyl/N-ethyl adjacent to an activating group) is 1. The molecule has 0 bridgehead atoms. The Morgan fingerprint density at radius 2 is 2.00 bits per heavy atom. The molecule has 0 saturated carbocycles. The molecule has 2 amide bonds. The second-order valence-electron chi connectivity index (χ2n) is 6.32. The molecule has 7 heteroatoms. The van der Waals surface area contributed by atoms with Gasteiger partial charge in [0, 0.05) is 26.3 Å². The van der Waals surface area contributed by atoms with Crippen molar-refractivity contribution in [3.63, 3.8) is 0 Å². The summed E-state index contributed by atoms with van der Waals surface area (Å²) >= 11 is 3.24. The average molecular weight is 370 g/mol. The number of aromatic nitrogens is 1. The van der Waals surface area contributed by atoms with Gasteiger partial charge in [0.25, 0.3) is 5.91 Å². The first-order valence-electron chi connectivity index (χ1n) is 7.04. The molecule has 1 aromatic rings. The summed E-state index contributed by atoms with van der Waals surface area (Å²) in [5.41, 5.74) is 0.0221. The first-order chi connectivity index (χ1) is 10.2. The minimum Gasteiger partial charge on any atom is -0.444 e. The van der Waals surface area contributed by atoms with Crippen LogP contribution in [0.25, 0.3) is 0 Å². The second-order valence-corrected chi connectivity index (χ2v) is 7.14. The molecule has 1 saturated heterocycles. The van der Waals surface area contributed by atoms with Crippen LogP contribution in [0.15, 0.2) is 22.9 Å². The first kappa shape index (κ1) is 16.7. The summed E-state index contributed by atoms with van der Waals surface area (Å²) in [4.78, 5) is 31.5. The molecule has 2 rings (SSSR count). The number of pyridine rings is 1. The molecule has 0 N–H and O–H groups in total. The van der Waals surface area contributed by atoms with Crippen molar-refractivity contribution in [2.24, 2.45) is 0 Å². The zero-order chi connectivity index (χ0) is 16.5. The lowest BCUT2D eigenvalue weighted by Crippen LogP contribution is -2.61. The van der Waals surface area contributed by atoms with Crippen LogP contribution >= 0.6 is 15.9 Å². The Morgan fingerprint density at radius 1 is 1.36 bits per heavy atom. The monoisotopic (exact) mass is 369 g/mol. The number of halogens is 1. The predicted octanol–water partition coefficient (Wildman–Crippen LogP) is 2.54. The average Bonchev–Trinajstić information content (AvgIpc) is 2.34. The Labute approximate surface area is 138 Å². The highest BCUT2D eigenvalue weighted by Crippen LogP contribution is 2.19. The number of ether oxygens (including phenoxy) is 1. The largest absolute Gasteiger partial charge is 0.444 e. The SMILES string of the molecule is CN(C(=O)c1ccc(Br)nc1)C1CN(C(=O)OC(C)(C)C)C1. The van der Waals surface area contributed by atoms with Gasteiger partial charge in [0.1, 0.15) is 10.2 Å². The standard InChI is InChI=1S/C15H20BrN3O3/c1-15(2,3)22-14(21)19-8-11(9-19)18(4)13(20)10-5-6-12(16)17-7-10/h5-7,11H,8-9H2,1-4H3. The van der Waals surface area contributed by atoms with Gasteiger partial charge in [0.2, 0.25) is 0 Å². The van der Waals surface area contributed by atoms with E-state index in [0.717, 1.165) is 0 Å². The van der Waals surface area contributed by atoms with Gasteiger partial charge in [-0.1, -0.05) is 0 Å². The van der Waals surface area contributed by atoms with E-state index in [2.05, 4.69) is 20.9 Å². The lowest BCUT2D eigenvalue weighted by Gasteiger charge is -2.43. The van der Waals surface area contributed by atoms with Crippen molar-refractivity contribution >= 4 is 27.9 Å². The minimum absolute atomic E-state index is 0.00339. The van der Waals surface area contributed by atoms with E-state index in [9.17, 15) is 9.59 Å². The third-order valence-electron chi connectivity index (χ3n) is 3.36. The van der Waals surface area contributed by atoms with Crippen LogP contribution in [-0.4, -0.2) is 58.6 Å². The second kappa shape index (κ2) is 6.24. The van der Waals surface area contributed by atoms with Gasteiger partial charge >= 0.3 is 6.09 Å². The highest BCUT2D eigenvalue weighted by Gasteiger charge is 2.37. The quantitative estimate of drug-likeness (QED) is 0.751. The zero-order valence-electron chi connectivity index (χ0n) is 13.2. The van der Waals surface area contributed by atoms with Crippen molar-refractivity contribution < 1.29 is 14.3 Å². The van der Waals surface area contributed by atoms with Gasteiger partial charge in [0.05, 0.1) is 11.6 Å². The summed E-state index contributed by atoms with van der Waals surface area (Å²) in [7, 11) is 1.74. The molecule has 1 fully saturated rings. The van der Waals surface area contributed by atoms with Crippen molar-refractivity contribution in [1.29, 1.82) is 0 Å². The molecule has 0 radical (unpaired) electrons. The first-order valence-corrected chi connectivity index (χ1v) is 7.83. The van der Waals surface area contributed by atoms with Gasteiger partial charge < -0.3 is 14.5 Å². The van der Waals surface area contributed by atoms with Crippen molar-refractivity contribution in [2.75, 3.05) is 20.1 Å². The fourth-order valence-corrected chi connectivity index (χ4v) is 2.28. The van der Waals surface area contributed by atoms with Crippen LogP contribution in [0.2, 0.25) is 0 Å². The number of nitrogens with zero attached hydrogens (tertiary/aromatic N) is 3. The fraction of sp³-hybridized carbons (Fsp3) is 0.533. The maximum Gasteiger partial charge on any atom is 0.410 e. The van der Waals surface area contributed by atoms with Crippen LogP contribution in [0.5, 0.6) is 0 Å². The molecule has 1 aliphatic heterocycles. The van der Waals surface area contributed by atoms with E-state index < -0.39 is 5.60 Å². The smallest absolute Gasteiger partial charge is 0.410 e. The normalized spacial score (nSPS) is 15.2. The van der Waals surface area contributed by atoms with Gasteiger partial charge in [-0.15, -0.1) is 0 Å². The Hall–Kier alpha value is -1.63. The van der Waals surface area contributed by atoms with E-state index in [1.54, 1.807) is 29.0 Å². The number of carbonyl (C=O) groups excluding carboxylic acids is 2. The minimum atomic E-state index is -0.507. The Bertz CT molecular complexity index is 562. The van der Waals surface area contributed by atoms with Gasteiger partial charge in [0.15, 0.2) is 0 Å². The summed E-state index contributed by atoms with van der Waals surface area (Å²) in [6, 6.07) is 3.46. The van der Waals surface area contributed by atoms with E-state index in [1.807, 2.05) is 20.8 Å². The number of likely N-dealkylation sites (tertiary alicyclic amines) is 1. The molecule has 120 valence electrons. The third kappa shape index (κ3) is 3.97. The predicted molar refractivity (Wildman–Crippen MR) is 85.6 cm³/mol. The molecule has 0 aromatic carbocycles. The van der Waals surface area contributed by atoms with Crippen LogP contribution in [0.4, 0.5) is 4.79 Å². The summed E-state index contributed by atoms with van der Waals surface area (Å²) in [6.45, 7) is 6.47. The van der Waals surface area contributed by atoms with E-state index in [4.69, 9.17) is 4.74 Å². The van der Waals surface area contributed by atoms with Gasteiger partial charge in [-0.05, 0) is 48.8 Å². The van der Waals surface area contributed by atoms with Crippen LogP contribution in [0, 0.1) is 0 Å². The number of amides is 2. The molecule has 1 aromatic heterocycles. The topological polar surface area (TPSA) is 62.7 Å². The molecule has 0 aliphatic carbocycles. The molecule has 0 spiro atoms. The summed E-state index contributed by atoms with van der Waals surface area (Å²) < 4.78 is 5.98. The summed E-state index contributed by atoms with van der Waals surface area (Å²) in [5, 5.41) is 0. The lowest BCUT2D eigenvalue weighted by atomic mass is 10.1.